The van der Waals surface area contributed by atoms with Gasteiger partial charge in [0.2, 0.25) is 0 Å². The normalized spacial score (nSPS) is 18.3. The molecule has 2 fully saturated rings. The molecule has 1 heterocycles. The Balaban J connectivity index is 1.36. The molecule has 2 amide bonds. The Morgan fingerprint density at radius 1 is 0.690 bits per heavy atom. The van der Waals surface area contributed by atoms with E-state index in [-0.39, 0.29) is 17.9 Å². The van der Waals surface area contributed by atoms with Gasteiger partial charge in [-0.25, -0.2) is 0 Å². The van der Waals surface area contributed by atoms with Gasteiger partial charge in [0.25, 0.3) is 11.8 Å². The molecule has 2 aliphatic rings. The second kappa shape index (κ2) is 9.29. The van der Waals surface area contributed by atoms with E-state index < -0.39 is 0 Å². The van der Waals surface area contributed by atoms with Crippen LogP contribution in [-0.2, 0) is 0 Å². The Morgan fingerprint density at radius 3 is 1.83 bits per heavy atom. The van der Waals surface area contributed by atoms with Crippen molar-refractivity contribution in [3.05, 3.63) is 47.7 Å². The molecule has 1 aromatic carbocycles. The molecule has 154 valence electrons. The summed E-state index contributed by atoms with van der Waals surface area (Å²) in [5.74, 6) is 0.810. The molecule has 0 radical (unpaired) electrons. The fourth-order valence-electron chi connectivity index (χ4n) is 4.42. The quantitative estimate of drug-likeness (QED) is 0.743. The molecular formula is C24H30N2O3. The van der Waals surface area contributed by atoms with Crippen molar-refractivity contribution in [2.24, 2.45) is 0 Å². The molecule has 4 rings (SSSR count). The van der Waals surface area contributed by atoms with Gasteiger partial charge in [-0.05, 0) is 49.9 Å². The molecule has 5 heteroatoms. The fourth-order valence-corrected chi connectivity index (χ4v) is 4.42. The van der Waals surface area contributed by atoms with E-state index >= 15 is 0 Å². The Labute approximate surface area is 172 Å². The second-order valence-corrected chi connectivity index (χ2v) is 8.36. The van der Waals surface area contributed by atoms with Crippen molar-refractivity contribution in [3.63, 3.8) is 0 Å². The van der Waals surface area contributed by atoms with E-state index in [9.17, 15) is 9.59 Å². The smallest absolute Gasteiger partial charge is 0.287 e. The molecule has 1 aromatic heterocycles. The van der Waals surface area contributed by atoms with Crippen LogP contribution in [0.25, 0.3) is 11.3 Å². The topological polar surface area (TPSA) is 71.3 Å². The maximum Gasteiger partial charge on any atom is 0.287 e. The second-order valence-electron chi connectivity index (χ2n) is 8.36. The highest BCUT2D eigenvalue weighted by Crippen LogP contribution is 2.24. The summed E-state index contributed by atoms with van der Waals surface area (Å²) < 4.78 is 5.78. The number of carbonyl (C=O) groups is 2. The van der Waals surface area contributed by atoms with Crippen molar-refractivity contribution >= 4 is 11.8 Å². The largest absolute Gasteiger partial charge is 0.451 e. The summed E-state index contributed by atoms with van der Waals surface area (Å²) in [6.07, 6.45) is 11.5. The van der Waals surface area contributed by atoms with Crippen LogP contribution in [0.3, 0.4) is 0 Å². The average molecular weight is 395 g/mol. The Kier molecular flexibility index (Phi) is 6.33. The molecule has 2 aliphatic carbocycles. The first-order chi connectivity index (χ1) is 14.2. The Bertz CT molecular complexity index is 828. The summed E-state index contributed by atoms with van der Waals surface area (Å²) in [6, 6.07) is 11.5. The molecule has 0 atom stereocenters. The van der Waals surface area contributed by atoms with Gasteiger partial charge >= 0.3 is 0 Å². The van der Waals surface area contributed by atoms with E-state index in [1.54, 1.807) is 6.07 Å². The van der Waals surface area contributed by atoms with Gasteiger partial charge in [-0.1, -0.05) is 50.7 Å². The highest BCUT2D eigenvalue weighted by molar-refractivity contribution is 5.95. The van der Waals surface area contributed by atoms with Crippen LogP contribution < -0.4 is 10.6 Å². The van der Waals surface area contributed by atoms with Crippen LogP contribution in [0.1, 0.15) is 85.1 Å². The van der Waals surface area contributed by atoms with Gasteiger partial charge in [0, 0.05) is 23.2 Å². The lowest BCUT2D eigenvalue weighted by molar-refractivity contribution is 0.0898. The third-order valence-electron chi connectivity index (χ3n) is 6.14. The van der Waals surface area contributed by atoms with Gasteiger partial charge in [0.15, 0.2) is 5.76 Å². The van der Waals surface area contributed by atoms with E-state index in [0.29, 0.717) is 23.1 Å². The Hall–Kier alpha value is -2.56. The maximum atomic E-state index is 12.5. The van der Waals surface area contributed by atoms with Gasteiger partial charge < -0.3 is 15.1 Å². The van der Waals surface area contributed by atoms with E-state index in [2.05, 4.69) is 10.6 Å². The van der Waals surface area contributed by atoms with Crippen molar-refractivity contribution in [3.8, 4) is 11.3 Å². The number of hydrogen-bond acceptors (Lipinski definition) is 3. The predicted molar refractivity (Wildman–Crippen MR) is 113 cm³/mol. The lowest BCUT2D eigenvalue weighted by Gasteiger charge is -2.22. The van der Waals surface area contributed by atoms with E-state index in [0.717, 1.165) is 31.2 Å². The van der Waals surface area contributed by atoms with Crippen molar-refractivity contribution in [2.75, 3.05) is 0 Å². The molecule has 2 N–H and O–H groups in total. The number of hydrogen-bond donors (Lipinski definition) is 2. The van der Waals surface area contributed by atoms with Crippen LogP contribution in [-0.4, -0.2) is 23.9 Å². The molecular weight excluding hydrogens is 364 g/mol. The van der Waals surface area contributed by atoms with Crippen molar-refractivity contribution in [2.45, 2.75) is 76.3 Å². The zero-order valence-corrected chi connectivity index (χ0v) is 16.9. The number of benzene rings is 1. The molecule has 0 bridgehead atoms. The first-order valence-corrected chi connectivity index (χ1v) is 11.0. The fraction of sp³-hybridized carbons (Fsp3) is 0.500. The number of amides is 2. The highest BCUT2D eigenvalue weighted by atomic mass is 16.3. The molecule has 2 aromatic rings. The number of furan rings is 1. The van der Waals surface area contributed by atoms with Gasteiger partial charge in [0.05, 0.1) is 0 Å². The SMILES string of the molecule is O=C(NC1CCCCC1)c1ccc(-c2ccc(C(=O)NC3CCCCC3)o2)cc1. The molecule has 2 saturated carbocycles. The molecule has 0 spiro atoms. The van der Waals surface area contributed by atoms with Crippen LogP contribution in [0.2, 0.25) is 0 Å². The summed E-state index contributed by atoms with van der Waals surface area (Å²) in [4.78, 5) is 24.9. The zero-order chi connectivity index (χ0) is 20.1. The summed E-state index contributed by atoms with van der Waals surface area (Å²) in [5.41, 5.74) is 1.51. The van der Waals surface area contributed by atoms with Gasteiger partial charge in [-0.3, -0.25) is 9.59 Å². The molecule has 29 heavy (non-hydrogen) atoms. The van der Waals surface area contributed by atoms with E-state index in [1.807, 2.05) is 30.3 Å². The van der Waals surface area contributed by atoms with Crippen molar-refractivity contribution in [1.29, 1.82) is 0 Å². The monoisotopic (exact) mass is 394 g/mol. The van der Waals surface area contributed by atoms with Gasteiger partial charge in [0.1, 0.15) is 5.76 Å². The molecule has 0 unspecified atom stereocenters. The summed E-state index contributed by atoms with van der Waals surface area (Å²) >= 11 is 0. The number of carbonyl (C=O) groups excluding carboxylic acids is 2. The van der Waals surface area contributed by atoms with Gasteiger partial charge in [-0.15, -0.1) is 0 Å². The standard InChI is InChI=1S/C24H30N2O3/c27-23(25-19-7-3-1-4-8-19)18-13-11-17(12-14-18)21-15-16-22(29-21)24(28)26-20-9-5-2-6-10-20/h11-16,19-20H,1-10H2,(H,25,27)(H,26,28). The molecule has 5 nitrogen and oxygen atoms in total. The first kappa shape index (κ1) is 19.7. The van der Waals surface area contributed by atoms with E-state index in [1.165, 1.54) is 38.5 Å². The van der Waals surface area contributed by atoms with Crippen LogP contribution in [0.15, 0.2) is 40.8 Å². The summed E-state index contributed by atoms with van der Waals surface area (Å²) in [7, 11) is 0. The number of nitrogens with one attached hydrogen (secondary N) is 2. The highest BCUT2D eigenvalue weighted by Gasteiger charge is 2.20. The number of rotatable bonds is 5. The summed E-state index contributed by atoms with van der Waals surface area (Å²) in [5, 5.41) is 6.21. The maximum absolute atomic E-state index is 12.5. The lowest BCUT2D eigenvalue weighted by atomic mass is 9.95. The predicted octanol–water partition coefficient (Wildman–Crippen LogP) is 5.07. The average Bonchev–Trinajstić information content (AvgIpc) is 3.26. The minimum Gasteiger partial charge on any atom is -0.451 e. The minimum atomic E-state index is -0.147. The first-order valence-electron chi connectivity index (χ1n) is 11.0. The summed E-state index contributed by atoms with van der Waals surface area (Å²) in [6.45, 7) is 0. The van der Waals surface area contributed by atoms with Crippen LogP contribution in [0.4, 0.5) is 0 Å². The zero-order valence-electron chi connectivity index (χ0n) is 16.9. The Morgan fingerprint density at radius 2 is 1.24 bits per heavy atom. The minimum absolute atomic E-state index is 0.0181. The van der Waals surface area contributed by atoms with Crippen LogP contribution in [0, 0.1) is 0 Å². The van der Waals surface area contributed by atoms with Gasteiger partial charge in [-0.2, -0.15) is 0 Å². The van der Waals surface area contributed by atoms with Crippen molar-refractivity contribution in [1.82, 2.24) is 10.6 Å². The van der Waals surface area contributed by atoms with Crippen LogP contribution in [0.5, 0.6) is 0 Å². The van der Waals surface area contributed by atoms with Crippen molar-refractivity contribution < 1.29 is 14.0 Å². The molecule has 0 aliphatic heterocycles. The third-order valence-corrected chi connectivity index (χ3v) is 6.14. The van der Waals surface area contributed by atoms with Crippen LogP contribution >= 0.6 is 0 Å². The molecule has 0 saturated heterocycles. The lowest BCUT2D eigenvalue weighted by Crippen LogP contribution is -2.36. The third kappa shape index (κ3) is 5.08. The van der Waals surface area contributed by atoms with E-state index in [4.69, 9.17) is 4.42 Å².